The van der Waals surface area contributed by atoms with E-state index in [1.54, 1.807) is 7.11 Å². The summed E-state index contributed by atoms with van der Waals surface area (Å²) in [4.78, 5) is 2.31. The van der Waals surface area contributed by atoms with Crippen molar-refractivity contribution in [2.45, 2.75) is 32.7 Å². The molecule has 3 nitrogen and oxygen atoms in total. The number of hydrogen-bond acceptors (Lipinski definition) is 3. The van der Waals surface area contributed by atoms with Crippen LogP contribution in [0.25, 0.3) is 0 Å². The van der Waals surface area contributed by atoms with Crippen LogP contribution in [0, 0.1) is 19.8 Å². The first-order chi connectivity index (χ1) is 8.51. The van der Waals surface area contributed by atoms with Gasteiger partial charge in [-0.2, -0.15) is 0 Å². The van der Waals surface area contributed by atoms with E-state index in [1.807, 2.05) is 0 Å². The Labute approximate surface area is 110 Å². The average Bonchev–Trinajstić information content (AvgIpc) is 2.25. The van der Waals surface area contributed by atoms with Crippen molar-refractivity contribution >= 4 is 5.69 Å². The predicted molar refractivity (Wildman–Crippen MR) is 76.4 cm³/mol. The summed E-state index contributed by atoms with van der Waals surface area (Å²) in [7, 11) is 3.88. The zero-order chi connectivity index (χ0) is 13.3. The van der Waals surface area contributed by atoms with Crippen LogP contribution in [0.2, 0.25) is 0 Å². The Morgan fingerprint density at radius 2 is 2.00 bits per heavy atom. The van der Waals surface area contributed by atoms with E-state index in [-0.39, 0.29) is 0 Å². The van der Waals surface area contributed by atoms with Gasteiger partial charge in [-0.3, -0.25) is 0 Å². The number of nitrogens with zero attached hydrogens (tertiary/aromatic N) is 1. The Bertz CT molecular complexity index is 425. The highest BCUT2D eigenvalue weighted by Gasteiger charge is 2.27. The van der Waals surface area contributed by atoms with Crippen LogP contribution in [-0.2, 0) is 0 Å². The van der Waals surface area contributed by atoms with E-state index in [1.165, 1.54) is 16.8 Å². The molecule has 0 spiro atoms. The number of methoxy groups -OCH3 is 1. The first-order valence-corrected chi connectivity index (χ1v) is 6.63. The van der Waals surface area contributed by atoms with Gasteiger partial charge in [0.1, 0.15) is 5.75 Å². The van der Waals surface area contributed by atoms with Crippen molar-refractivity contribution in [2.75, 3.05) is 25.6 Å². The van der Waals surface area contributed by atoms with E-state index in [9.17, 15) is 0 Å². The molecule has 1 aliphatic carbocycles. The van der Waals surface area contributed by atoms with Crippen molar-refractivity contribution in [2.24, 2.45) is 11.7 Å². The zero-order valence-electron chi connectivity index (χ0n) is 11.9. The monoisotopic (exact) mass is 248 g/mol. The Balaban J connectivity index is 2.15. The van der Waals surface area contributed by atoms with Gasteiger partial charge in [0, 0.05) is 19.6 Å². The Morgan fingerprint density at radius 3 is 2.56 bits per heavy atom. The molecule has 0 aliphatic heterocycles. The van der Waals surface area contributed by atoms with Crippen molar-refractivity contribution < 1.29 is 4.74 Å². The van der Waals surface area contributed by atoms with E-state index in [0.717, 1.165) is 31.1 Å². The summed E-state index contributed by atoms with van der Waals surface area (Å²) in [6.45, 7) is 5.31. The first kappa shape index (κ1) is 13.2. The molecular weight excluding hydrogens is 224 g/mol. The summed E-state index contributed by atoms with van der Waals surface area (Å²) in [5.41, 5.74) is 9.58. The highest BCUT2D eigenvalue weighted by molar-refractivity contribution is 5.64. The number of nitrogens with two attached hydrogens (primary N) is 1. The van der Waals surface area contributed by atoms with E-state index in [0.29, 0.717) is 6.04 Å². The molecular formula is C15H24N2O. The van der Waals surface area contributed by atoms with E-state index in [4.69, 9.17) is 10.5 Å². The van der Waals surface area contributed by atoms with Gasteiger partial charge >= 0.3 is 0 Å². The maximum Gasteiger partial charge on any atom is 0.142 e. The van der Waals surface area contributed by atoms with Gasteiger partial charge in [-0.1, -0.05) is 6.07 Å². The lowest BCUT2D eigenvalue weighted by Crippen LogP contribution is -2.42. The number of aryl methyl sites for hydroxylation is 2. The molecule has 1 aliphatic rings. The van der Waals surface area contributed by atoms with Crippen molar-refractivity contribution in [3.05, 3.63) is 23.3 Å². The van der Waals surface area contributed by atoms with Crippen LogP contribution < -0.4 is 15.4 Å². The maximum atomic E-state index is 5.85. The van der Waals surface area contributed by atoms with Crippen LogP contribution in [-0.4, -0.2) is 26.7 Å². The van der Waals surface area contributed by atoms with Crippen LogP contribution >= 0.6 is 0 Å². The quantitative estimate of drug-likeness (QED) is 0.889. The summed E-state index contributed by atoms with van der Waals surface area (Å²) in [6, 6.07) is 4.73. The van der Waals surface area contributed by atoms with Crippen LogP contribution in [0.3, 0.4) is 0 Å². The molecule has 0 aromatic heterocycles. The highest BCUT2D eigenvalue weighted by Crippen LogP contribution is 2.35. The lowest BCUT2D eigenvalue weighted by Gasteiger charge is -2.36. The fourth-order valence-electron chi connectivity index (χ4n) is 2.98. The predicted octanol–water partition coefficient (Wildman–Crippen LogP) is 2.49. The number of rotatable bonds is 4. The SMILES string of the molecule is COc1cc(C)cc(C)c1N(C)CC1CC(N)C1. The third kappa shape index (κ3) is 2.61. The average molecular weight is 248 g/mol. The summed E-state index contributed by atoms with van der Waals surface area (Å²) in [6.07, 6.45) is 2.30. The van der Waals surface area contributed by atoms with Crippen molar-refractivity contribution in [3.63, 3.8) is 0 Å². The van der Waals surface area contributed by atoms with Gasteiger partial charge < -0.3 is 15.4 Å². The number of ether oxygens (including phenoxy) is 1. The van der Waals surface area contributed by atoms with Crippen molar-refractivity contribution in [1.29, 1.82) is 0 Å². The van der Waals surface area contributed by atoms with Gasteiger partial charge in [-0.25, -0.2) is 0 Å². The highest BCUT2D eigenvalue weighted by atomic mass is 16.5. The fraction of sp³-hybridized carbons (Fsp3) is 0.600. The molecule has 0 amide bonds. The Kier molecular flexibility index (Phi) is 3.81. The molecule has 0 unspecified atom stereocenters. The van der Waals surface area contributed by atoms with E-state index < -0.39 is 0 Å². The summed E-state index contributed by atoms with van der Waals surface area (Å²) in [5.74, 6) is 1.70. The third-order valence-corrected chi connectivity index (χ3v) is 3.82. The summed E-state index contributed by atoms with van der Waals surface area (Å²) in [5, 5.41) is 0. The van der Waals surface area contributed by atoms with Crippen LogP contribution in [0.1, 0.15) is 24.0 Å². The van der Waals surface area contributed by atoms with Gasteiger partial charge in [-0.15, -0.1) is 0 Å². The van der Waals surface area contributed by atoms with Gasteiger partial charge in [0.2, 0.25) is 0 Å². The van der Waals surface area contributed by atoms with Gasteiger partial charge in [-0.05, 0) is 49.8 Å². The number of anilines is 1. The van der Waals surface area contributed by atoms with Gasteiger partial charge in [0.05, 0.1) is 12.8 Å². The lowest BCUT2D eigenvalue weighted by molar-refractivity contribution is 0.270. The van der Waals surface area contributed by atoms with Crippen LogP contribution in [0.15, 0.2) is 12.1 Å². The summed E-state index contributed by atoms with van der Waals surface area (Å²) < 4.78 is 5.52. The molecule has 3 heteroatoms. The molecule has 1 fully saturated rings. The minimum Gasteiger partial charge on any atom is -0.495 e. The van der Waals surface area contributed by atoms with E-state index >= 15 is 0 Å². The molecule has 0 heterocycles. The van der Waals surface area contributed by atoms with Gasteiger partial charge in [0.15, 0.2) is 0 Å². The third-order valence-electron chi connectivity index (χ3n) is 3.82. The van der Waals surface area contributed by atoms with Crippen LogP contribution in [0.4, 0.5) is 5.69 Å². The standard InChI is InChI=1S/C15H24N2O/c1-10-5-11(2)15(14(6-10)18-4)17(3)9-12-7-13(16)8-12/h5-6,12-13H,7-9,16H2,1-4H3. The molecule has 18 heavy (non-hydrogen) atoms. The second-order valence-electron chi connectivity index (χ2n) is 5.61. The molecule has 100 valence electrons. The lowest BCUT2D eigenvalue weighted by atomic mass is 9.80. The molecule has 1 saturated carbocycles. The minimum absolute atomic E-state index is 0.421. The molecule has 1 aromatic rings. The molecule has 0 radical (unpaired) electrons. The fourth-order valence-corrected chi connectivity index (χ4v) is 2.98. The second-order valence-corrected chi connectivity index (χ2v) is 5.61. The Hall–Kier alpha value is -1.22. The van der Waals surface area contributed by atoms with Crippen molar-refractivity contribution in [3.8, 4) is 5.75 Å². The molecule has 0 saturated heterocycles. The number of benzene rings is 1. The first-order valence-electron chi connectivity index (χ1n) is 6.63. The Morgan fingerprint density at radius 1 is 1.33 bits per heavy atom. The van der Waals surface area contributed by atoms with Gasteiger partial charge in [0.25, 0.3) is 0 Å². The minimum atomic E-state index is 0.421. The van der Waals surface area contributed by atoms with Crippen molar-refractivity contribution in [1.82, 2.24) is 0 Å². The van der Waals surface area contributed by atoms with Crippen LogP contribution in [0.5, 0.6) is 5.75 Å². The maximum absolute atomic E-state index is 5.85. The molecule has 2 rings (SSSR count). The smallest absolute Gasteiger partial charge is 0.142 e. The second kappa shape index (κ2) is 5.19. The largest absolute Gasteiger partial charge is 0.495 e. The molecule has 0 atom stereocenters. The zero-order valence-corrected chi connectivity index (χ0v) is 11.9. The normalized spacial score (nSPS) is 22.5. The molecule has 0 bridgehead atoms. The number of hydrogen-bond donors (Lipinski definition) is 1. The topological polar surface area (TPSA) is 38.5 Å². The summed E-state index contributed by atoms with van der Waals surface area (Å²) >= 11 is 0. The molecule has 2 N–H and O–H groups in total. The molecule has 1 aromatic carbocycles. The van der Waals surface area contributed by atoms with E-state index in [2.05, 4.69) is 37.9 Å².